The predicted octanol–water partition coefficient (Wildman–Crippen LogP) is 3.41. The summed E-state index contributed by atoms with van der Waals surface area (Å²) in [5.41, 5.74) is 3.15. The van der Waals surface area contributed by atoms with Gasteiger partial charge in [-0.1, -0.05) is 11.6 Å². The van der Waals surface area contributed by atoms with E-state index in [4.69, 9.17) is 11.6 Å². The fourth-order valence-corrected chi connectivity index (χ4v) is 2.59. The Bertz CT molecular complexity index is 571. The molecule has 0 unspecified atom stereocenters. The molecule has 5 heteroatoms. The Kier molecular flexibility index (Phi) is 3.35. The van der Waals surface area contributed by atoms with Crippen molar-refractivity contribution in [2.45, 2.75) is 27.3 Å². The minimum atomic E-state index is 0.0486. The first-order chi connectivity index (χ1) is 7.99. The lowest BCUT2D eigenvalue weighted by Crippen LogP contribution is -2.12. The van der Waals surface area contributed by atoms with Crippen molar-refractivity contribution < 1.29 is 4.79 Å². The van der Waals surface area contributed by atoms with E-state index in [2.05, 4.69) is 5.10 Å². The van der Waals surface area contributed by atoms with Crippen molar-refractivity contribution in [3.8, 4) is 0 Å². The quantitative estimate of drug-likeness (QED) is 0.800. The molecule has 2 heterocycles. The molecule has 0 aliphatic rings. The van der Waals surface area contributed by atoms with Crippen molar-refractivity contribution >= 4 is 28.7 Å². The van der Waals surface area contributed by atoms with Crippen LogP contribution in [0.3, 0.4) is 0 Å². The van der Waals surface area contributed by atoms with Crippen LogP contribution in [0.15, 0.2) is 12.1 Å². The third-order valence-corrected chi connectivity index (χ3v) is 4.16. The molecule has 90 valence electrons. The topological polar surface area (TPSA) is 34.9 Å². The zero-order valence-electron chi connectivity index (χ0n) is 9.95. The van der Waals surface area contributed by atoms with Gasteiger partial charge >= 0.3 is 0 Å². The van der Waals surface area contributed by atoms with Crippen LogP contribution in [-0.4, -0.2) is 15.6 Å². The predicted molar refractivity (Wildman–Crippen MR) is 70.1 cm³/mol. The highest BCUT2D eigenvalue weighted by molar-refractivity contribution is 7.18. The number of aryl methyl sites for hydroxylation is 1. The third-order valence-electron chi connectivity index (χ3n) is 2.88. The number of nitrogens with zero attached hydrogens (tertiary/aromatic N) is 2. The molecule has 17 heavy (non-hydrogen) atoms. The van der Waals surface area contributed by atoms with Gasteiger partial charge in [0.05, 0.1) is 14.9 Å². The lowest BCUT2D eigenvalue weighted by molar-refractivity contribution is 0.0970. The summed E-state index contributed by atoms with van der Waals surface area (Å²) >= 11 is 7.12. The standard InChI is InChI=1S/C12H13ClN2OS/c1-7-8(2)14-15(9(7)3)6-10(16)11-4-5-12(13)17-11/h4-5H,6H2,1-3H3. The van der Waals surface area contributed by atoms with E-state index in [1.165, 1.54) is 11.3 Å². The van der Waals surface area contributed by atoms with Gasteiger partial charge in [0.1, 0.15) is 6.54 Å². The summed E-state index contributed by atoms with van der Waals surface area (Å²) < 4.78 is 2.39. The van der Waals surface area contributed by atoms with Crippen LogP contribution in [0.1, 0.15) is 26.6 Å². The van der Waals surface area contributed by atoms with Crippen LogP contribution in [-0.2, 0) is 6.54 Å². The van der Waals surface area contributed by atoms with E-state index in [1.807, 2.05) is 20.8 Å². The number of aromatic nitrogens is 2. The number of ketones is 1. The zero-order valence-corrected chi connectivity index (χ0v) is 11.5. The molecule has 3 nitrogen and oxygen atoms in total. The molecule has 2 aromatic heterocycles. The van der Waals surface area contributed by atoms with Crippen LogP contribution in [0.5, 0.6) is 0 Å². The number of rotatable bonds is 3. The van der Waals surface area contributed by atoms with E-state index in [9.17, 15) is 4.79 Å². The lowest BCUT2D eigenvalue weighted by atomic mass is 10.2. The Morgan fingerprint density at radius 3 is 2.59 bits per heavy atom. The van der Waals surface area contributed by atoms with Gasteiger partial charge in [-0.3, -0.25) is 9.48 Å². The van der Waals surface area contributed by atoms with Gasteiger partial charge < -0.3 is 0 Å². The molecule has 0 bridgehead atoms. The molecule has 0 saturated heterocycles. The fourth-order valence-electron chi connectivity index (χ4n) is 1.62. The molecule has 0 amide bonds. The van der Waals surface area contributed by atoms with E-state index in [0.29, 0.717) is 9.21 Å². The van der Waals surface area contributed by atoms with Crippen molar-refractivity contribution in [3.63, 3.8) is 0 Å². The number of hydrogen-bond donors (Lipinski definition) is 0. The molecule has 0 atom stereocenters. The van der Waals surface area contributed by atoms with Crippen molar-refractivity contribution in [3.05, 3.63) is 38.3 Å². The maximum absolute atomic E-state index is 12.0. The smallest absolute Gasteiger partial charge is 0.194 e. The Morgan fingerprint density at radius 1 is 1.41 bits per heavy atom. The Hall–Kier alpha value is -1.13. The number of halogens is 1. The highest BCUT2D eigenvalue weighted by Gasteiger charge is 2.13. The van der Waals surface area contributed by atoms with Crippen LogP contribution >= 0.6 is 22.9 Å². The SMILES string of the molecule is Cc1nn(CC(=O)c2ccc(Cl)s2)c(C)c1C. The van der Waals surface area contributed by atoms with E-state index >= 15 is 0 Å². The molecule has 0 N–H and O–H groups in total. The summed E-state index contributed by atoms with van der Waals surface area (Å²) in [5.74, 6) is 0.0486. The Balaban J connectivity index is 2.21. The Labute approximate surface area is 109 Å². The van der Waals surface area contributed by atoms with Gasteiger partial charge in [0.15, 0.2) is 5.78 Å². The fraction of sp³-hybridized carbons (Fsp3) is 0.333. The van der Waals surface area contributed by atoms with E-state index < -0.39 is 0 Å². The number of carbonyl (C=O) groups is 1. The zero-order chi connectivity index (χ0) is 12.6. The van der Waals surface area contributed by atoms with Crippen LogP contribution in [0.2, 0.25) is 4.34 Å². The highest BCUT2D eigenvalue weighted by atomic mass is 35.5. The monoisotopic (exact) mass is 268 g/mol. The third kappa shape index (κ3) is 2.42. The van der Waals surface area contributed by atoms with E-state index in [1.54, 1.807) is 16.8 Å². The minimum absolute atomic E-state index is 0.0486. The summed E-state index contributed by atoms with van der Waals surface area (Å²) in [6, 6.07) is 3.50. The molecular weight excluding hydrogens is 256 g/mol. The van der Waals surface area contributed by atoms with Gasteiger partial charge in [-0.15, -0.1) is 11.3 Å². The molecule has 0 fully saturated rings. The number of hydrogen-bond acceptors (Lipinski definition) is 3. The van der Waals surface area contributed by atoms with Gasteiger partial charge in [-0.05, 0) is 38.5 Å². The Morgan fingerprint density at radius 2 is 2.12 bits per heavy atom. The summed E-state index contributed by atoms with van der Waals surface area (Å²) in [6.07, 6.45) is 0. The summed E-state index contributed by atoms with van der Waals surface area (Å²) in [7, 11) is 0. The van der Waals surface area contributed by atoms with Gasteiger partial charge in [-0.2, -0.15) is 5.10 Å². The van der Waals surface area contributed by atoms with Gasteiger partial charge in [0.2, 0.25) is 0 Å². The first kappa shape index (κ1) is 12.3. The molecule has 0 aliphatic heterocycles. The number of thiophene rings is 1. The van der Waals surface area contributed by atoms with Crippen molar-refractivity contribution in [1.82, 2.24) is 9.78 Å². The molecule has 0 aliphatic carbocycles. The average Bonchev–Trinajstić information content (AvgIpc) is 2.80. The van der Waals surface area contributed by atoms with E-state index in [-0.39, 0.29) is 12.3 Å². The van der Waals surface area contributed by atoms with Crippen LogP contribution in [0.4, 0.5) is 0 Å². The highest BCUT2D eigenvalue weighted by Crippen LogP contribution is 2.22. The largest absolute Gasteiger partial charge is 0.291 e. The molecule has 0 saturated carbocycles. The van der Waals surface area contributed by atoms with Crippen molar-refractivity contribution in [2.75, 3.05) is 0 Å². The van der Waals surface area contributed by atoms with Crippen LogP contribution in [0, 0.1) is 20.8 Å². The second-order valence-corrected chi connectivity index (χ2v) is 5.70. The molecule has 0 radical (unpaired) electrons. The molecule has 0 spiro atoms. The maximum Gasteiger partial charge on any atom is 0.194 e. The second-order valence-electron chi connectivity index (χ2n) is 3.98. The lowest BCUT2D eigenvalue weighted by Gasteiger charge is -2.02. The normalized spacial score (nSPS) is 10.8. The van der Waals surface area contributed by atoms with Gasteiger partial charge in [-0.25, -0.2) is 0 Å². The van der Waals surface area contributed by atoms with Crippen molar-refractivity contribution in [2.24, 2.45) is 0 Å². The molecular formula is C12H13ClN2OS. The van der Waals surface area contributed by atoms with Crippen LogP contribution in [0.25, 0.3) is 0 Å². The maximum atomic E-state index is 12.0. The summed E-state index contributed by atoms with van der Waals surface area (Å²) in [6.45, 7) is 6.22. The van der Waals surface area contributed by atoms with Gasteiger partial charge in [0, 0.05) is 5.69 Å². The first-order valence-electron chi connectivity index (χ1n) is 5.28. The summed E-state index contributed by atoms with van der Waals surface area (Å²) in [5, 5.41) is 4.35. The number of Topliss-reactive ketones (excluding diaryl/α,β-unsaturated/α-hetero) is 1. The second kappa shape index (κ2) is 4.63. The molecule has 2 rings (SSSR count). The summed E-state index contributed by atoms with van der Waals surface area (Å²) in [4.78, 5) is 12.7. The first-order valence-corrected chi connectivity index (χ1v) is 6.47. The van der Waals surface area contributed by atoms with E-state index in [0.717, 1.165) is 17.0 Å². The van der Waals surface area contributed by atoms with Crippen LogP contribution < -0.4 is 0 Å². The average molecular weight is 269 g/mol. The minimum Gasteiger partial charge on any atom is -0.291 e. The molecule has 2 aromatic rings. The van der Waals surface area contributed by atoms with Crippen molar-refractivity contribution in [1.29, 1.82) is 0 Å². The molecule has 0 aromatic carbocycles. The van der Waals surface area contributed by atoms with Gasteiger partial charge in [0.25, 0.3) is 0 Å². The number of carbonyl (C=O) groups excluding carboxylic acids is 1.